The number of nitrogens with zero attached hydrogens (tertiary/aromatic N) is 1. The average molecular weight is 298 g/mol. The van der Waals surface area contributed by atoms with Crippen molar-refractivity contribution in [3.8, 4) is 0 Å². The Kier molecular flexibility index (Phi) is 5.25. The highest BCUT2D eigenvalue weighted by Crippen LogP contribution is 2.27. The molecule has 2 N–H and O–H groups in total. The van der Waals surface area contributed by atoms with Crippen LogP contribution >= 0.6 is 11.3 Å². The van der Waals surface area contributed by atoms with Crippen LogP contribution in [0.25, 0.3) is 0 Å². The summed E-state index contributed by atoms with van der Waals surface area (Å²) in [7, 11) is 0. The first-order valence-corrected chi connectivity index (χ1v) is 7.93. The van der Waals surface area contributed by atoms with E-state index in [9.17, 15) is 9.90 Å². The molecule has 0 radical (unpaired) electrons. The first-order chi connectivity index (χ1) is 9.60. The molecule has 1 aromatic heterocycles. The second-order valence-electron chi connectivity index (χ2n) is 5.18. The van der Waals surface area contributed by atoms with Crippen molar-refractivity contribution in [2.24, 2.45) is 5.92 Å². The van der Waals surface area contributed by atoms with Crippen molar-refractivity contribution in [3.63, 3.8) is 0 Å². The molecule has 2 heterocycles. The van der Waals surface area contributed by atoms with Crippen molar-refractivity contribution >= 4 is 23.1 Å². The number of amides is 1. The number of carbonyl (C=O) groups is 1. The van der Waals surface area contributed by atoms with Crippen molar-refractivity contribution in [2.75, 3.05) is 24.6 Å². The van der Waals surface area contributed by atoms with Crippen molar-refractivity contribution in [3.05, 3.63) is 16.8 Å². The molecule has 20 heavy (non-hydrogen) atoms. The molecule has 5 nitrogen and oxygen atoms in total. The number of aliphatic hydroxyl groups excluding tert-OH is 1. The first kappa shape index (κ1) is 15.1. The molecule has 1 amide bonds. The SMILES string of the molecule is CCOC(=O)NC1CC(C(C)O)CN(c2ccsc2)C1. The standard InChI is InChI=1S/C14H22N2O3S/c1-3-19-14(18)15-12-6-11(10(2)17)7-16(8-12)13-4-5-20-9-13/h4-5,9-12,17H,3,6-8H2,1-2H3,(H,15,18). The first-order valence-electron chi connectivity index (χ1n) is 6.98. The van der Waals surface area contributed by atoms with Gasteiger partial charge < -0.3 is 20.1 Å². The van der Waals surface area contributed by atoms with Gasteiger partial charge in [-0.2, -0.15) is 11.3 Å². The number of carbonyl (C=O) groups excluding carboxylic acids is 1. The molecule has 1 saturated heterocycles. The van der Waals surface area contributed by atoms with Crippen LogP contribution in [-0.2, 0) is 4.74 Å². The minimum Gasteiger partial charge on any atom is -0.450 e. The van der Waals surface area contributed by atoms with Gasteiger partial charge in [0.1, 0.15) is 0 Å². The molecule has 3 unspecified atom stereocenters. The molecule has 0 spiro atoms. The Labute approximate surface area is 123 Å². The van der Waals surface area contributed by atoms with E-state index >= 15 is 0 Å². The van der Waals surface area contributed by atoms with E-state index in [4.69, 9.17) is 4.74 Å². The lowest BCUT2D eigenvalue weighted by atomic mass is 9.90. The topological polar surface area (TPSA) is 61.8 Å². The number of hydrogen-bond acceptors (Lipinski definition) is 5. The maximum atomic E-state index is 11.6. The second kappa shape index (κ2) is 6.95. The van der Waals surface area contributed by atoms with Gasteiger partial charge in [-0.1, -0.05) is 0 Å². The third kappa shape index (κ3) is 3.86. The Morgan fingerprint density at radius 1 is 1.65 bits per heavy atom. The van der Waals surface area contributed by atoms with E-state index in [0.717, 1.165) is 25.2 Å². The van der Waals surface area contributed by atoms with Gasteiger partial charge in [0, 0.05) is 30.1 Å². The summed E-state index contributed by atoms with van der Waals surface area (Å²) in [4.78, 5) is 13.8. The van der Waals surface area contributed by atoms with E-state index in [1.807, 2.05) is 12.3 Å². The molecular weight excluding hydrogens is 276 g/mol. The molecule has 1 aliphatic rings. The van der Waals surface area contributed by atoms with Crippen molar-refractivity contribution < 1.29 is 14.6 Å². The summed E-state index contributed by atoms with van der Waals surface area (Å²) >= 11 is 1.65. The summed E-state index contributed by atoms with van der Waals surface area (Å²) < 4.78 is 4.94. The Bertz CT molecular complexity index is 422. The zero-order chi connectivity index (χ0) is 14.5. The predicted octanol–water partition coefficient (Wildman–Crippen LogP) is 2.07. The fraction of sp³-hybridized carbons (Fsp3) is 0.643. The quantitative estimate of drug-likeness (QED) is 0.893. The fourth-order valence-electron chi connectivity index (χ4n) is 2.58. The molecule has 6 heteroatoms. The largest absolute Gasteiger partial charge is 0.450 e. The maximum Gasteiger partial charge on any atom is 0.407 e. The highest BCUT2D eigenvalue weighted by Gasteiger charge is 2.31. The Morgan fingerprint density at radius 2 is 2.45 bits per heavy atom. The monoisotopic (exact) mass is 298 g/mol. The number of aliphatic hydroxyl groups is 1. The molecule has 0 aromatic carbocycles. The van der Waals surface area contributed by atoms with Gasteiger partial charge in [0.05, 0.1) is 18.8 Å². The van der Waals surface area contributed by atoms with E-state index in [-0.39, 0.29) is 24.2 Å². The van der Waals surface area contributed by atoms with Gasteiger partial charge >= 0.3 is 6.09 Å². The fourth-order valence-corrected chi connectivity index (χ4v) is 3.24. The Morgan fingerprint density at radius 3 is 3.05 bits per heavy atom. The highest BCUT2D eigenvalue weighted by atomic mass is 32.1. The van der Waals surface area contributed by atoms with Gasteiger partial charge in [-0.3, -0.25) is 0 Å². The number of piperidine rings is 1. The van der Waals surface area contributed by atoms with Crippen LogP contribution in [0.3, 0.4) is 0 Å². The lowest BCUT2D eigenvalue weighted by Crippen LogP contribution is -2.52. The van der Waals surface area contributed by atoms with Gasteiger partial charge in [-0.05, 0) is 31.7 Å². The van der Waals surface area contributed by atoms with Crippen molar-refractivity contribution in [1.82, 2.24) is 5.32 Å². The average Bonchev–Trinajstić information content (AvgIpc) is 2.92. The number of hydrogen-bond donors (Lipinski definition) is 2. The molecule has 0 saturated carbocycles. The summed E-state index contributed by atoms with van der Waals surface area (Å²) in [5, 5.41) is 16.9. The molecule has 1 aliphatic heterocycles. The third-order valence-corrected chi connectivity index (χ3v) is 4.30. The summed E-state index contributed by atoms with van der Waals surface area (Å²) in [6.45, 7) is 5.53. The Balaban J connectivity index is 2.03. The van der Waals surface area contributed by atoms with Crippen LogP contribution in [-0.4, -0.2) is 43.0 Å². The summed E-state index contributed by atoms with van der Waals surface area (Å²) in [6.07, 6.45) is 0.00820. The van der Waals surface area contributed by atoms with Gasteiger partial charge in [-0.25, -0.2) is 4.79 Å². The van der Waals surface area contributed by atoms with Crippen LogP contribution in [0.5, 0.6) is 0 Å². The Hall–Kier alpha value is -1.27. The summed E-state index contributed by atoms with van der Waals surface area (Å²) in [5.74, 6) is 0.149. The number of thiophene rings is 1. The van der Waals surface area contributed by atoms with Gasteiger partial charge in [-0.15, -0.1) is 0 Å². The van der Waals surface area contributed by atoms with E-state index in [1.54, 1.807) is 18.3 Å². The minimum absolute atomic E-state index is 0.00213. The van der Waals surface area contributed by atoms with Crippen LogP contribution in [0.1, 0.15) is 20.3 Å². The lowest BCUT2D eigenvalue weighted by Gasteiger charge is -2.39. The molecule has 2 rings (SSSR count). The van der Waals surface area contributed by atoms with Crippen LogP contribution < -0.4 is 10.2 Å². The molecule has 1 aromatic rings. The van der Waals surface area contributed by atoms with Crippen LogP contribution in [0.2, 0.25) is 0 Å². The second-order valence-corrected chi connectivity index (χ2v) is 5.96. The molecule has 1 fully saturated rings. The molecular formula is C14H22N2O3S. The van der Waals surface area contributed by atoms with Crippen molar-refractivity contribution in [1.29, 1.82) is 0 Å². The third-order valence-electron chi connectivity index (χ3n) is 3.63. The van der Waals surface area contributed by atoms with Crippen molar-refractivity contribution in [2.45, 2.75) is 32.4 Å². The van der Waals surface area contributed by atoms with Gasteiger partial charge in [0.2, 0.25) is 0 Å². The van der Waals surface area contributed by atoms with E-state index < -0.39 is 0 Å². The summed E-state index contributed by atoms with van der Waals surface area (Å²) in [5.41, 5.74) is 1.15. The predicted molar refractivity (Wildman–Crippen MR) is 80.3 cm³/mol. The van der Waals surface area contributed by atoms with Gasteiger partial charge in [0.25, 0.3) is 0 Å². The van der Waals surface area contributed by atoms with Crippen LogP contribution in [0.15, 0.2) is 16.8 Å². The van der Waals surface area contributed by atoms with Gasteiger partial charge in [0.15, 0.2) is 0 Å². The maximum absolute atomic E-state index is 11.6. The molecule has 112 valence electrons. The molecule has 0 bridgehead atoms. The smallest absolute Gasteiger partial charge is 0.407 e. The minimum atomic E-state index is -0.386. The van der Waals surface area contributed by atoms with E-state index in [0.29, 0.717) is 6.61 Å². The van der Waals surface area contributed by atoms with E-state index in [1.165, 1.54) is 0 Å². The number of ether oxygens (including phenoxy) is 1. The zero-order valence-corrected chi connectivity index (χ0v) is 12.7. The van der Waals surface area contributed by atoms with E-state index in [2.05, 4.69) is 21.7 Å². The number of alkyl carbamates (subject to hydrolysis) is 1. The number of anilines is 1. The molecule has 3 atom stereocenters. The number of nitrogens with one attached hydrogen (secondary N) is 1. The molecule has 0 aliphatic carbocycles. The van der Waals surface area contributed by atoms with Crippen LogP contribution in [0, 0.1) is 5.92 Å². The highest BCUT2D eigenvalue weighted by molar-refractivity contribution is 7.08. The summed E-state index contributed by atoms with van der Waals surface area (Å²) in [6, 6.07) is 2.07. The number of rotatable bonds is 4. The lowest BCUT2D eigenvalue weighted by molar-refractivity contribution is 0.101. The zero-order valence-electron chi connectivity index (χ0n) is 11.9. The van der Waals surface area contributed by atoms with Crippen LogP contribution in [0.4, 0.5) is 10.5 Å². The normalized spacial score (nSPS) is 24.2.